The van der Waals surface area contributed by atoms with E-state index in [9.17, 15) is 5.11 Å². The minimum atomic E-state index is -0.204. The van der Waals surface area contributed by atoms with Gasteiger partial charge >= 0.3 is 0 Å². The first-order chi connectivity index (χ1) is 7.31. The fourth-order valence-electron chi connectivity index (χ4n) is 1.25. The monoisotopic (exact) mass is 219 g/mol. The van der Waals surface area contributed by atoms with Crippen molar-refractivity contribution in [3.8, 4) is 0 Å². The molecule has 0 amide bonds. The molecule has 0 fully saturated rings. The van der Waals surface area contributed by atoms with Crippen LogP contribution in [0, 0.1) is 0 Å². The second-order valence-corrected chi connectivity index (χ2v) is 3.61. The first-order valence-corrected chi connectivity index (χ1v) is 5.76. The first kappa shape index (κ1) is 14.8. The summed E-state index contributed by atoms with van der Waals surface area (Å²) in [5.41, 5.74) is 0. The second-order valence-electron chi connectivity index (χ2n) is 3.61. The van der Waals surface area contributed by atoms with Gasteiger partial charge in [-0.15, -0.1) is 0 Å². The van der Waals surface area contributed by atoms with Gasteiger partial charge in [-0.25, -0.2) is 0 Å². The number of methoxy groups -OCH3 is 1. The Kier molecular flexibility index (Phi) is 11.8. The van der Waals surface area contributed by atoms with E-state index in [2.05, 4.69) is 12.2 Å². The predicted octanol–water partition coefficient (Wildman–Crippen LogP) is 0.790. The molecule has 0 rings (SSSR count). The van der Waals surface area contributed by atoms with Gasteiger partial charge in [-0.1, -0.05) is 13.3 Å². The van der Waals surface area contributed by atoms with E-state index in [0.717, 1.165) is 32.4 Å². The summed E-state index contributed by atoms with van der Waals surface area (Å²) in [6.07, 6.45) is 2.67. The zero-order valence-electron chi connectivity index (χ0n) is 10.00. The number of aliphatic hydroxyl groups is 1. The van der Waals surface area contributed by atoms with E-state index >= 15 is 0 Å². The Morgan fingerprint density at radius 1 is 1.27 bits per heavy atom. The lowest BCUT2D eigenvalue weighted by molar-refractivity contribution is 0.0690. The van der Waals surface area contributed by atoms with Crippen LogP contribution in [0.3, 0.4) is 0 Å². The minimum Gasteiger partial charge on any atom is -0.392 e. The molecular weight excluding hydrogens is 194 g/mol. The second kappa shape index (κ2) is 11.9. The van der Waals surface area contributed by atoms with E-state index in [1.165, 1.54) is 0 Å². The molecule has 4 nitrogen and oxygen atoms in total. The Hall–Kier alpha value is -0.160. The van der Waals surface area contributed by atoms with Crippen LogP contribution in [0.4, 0.5) is 0 Å². The molecule has 0 aliphatic carbocycles. The third-order valence-corrected chi connectivity index (χ3v) is 2.08. The first-order valence-electron chi connectivity index (χ1n) is 5.76. The van der Waals surface area contributed by atoms with Gasteiger partial charge in [0.25, 0.3) is 0 Å². The molecular formula is C11H25NO3. The number of hydrogen-bond acceptors (Lipinski definition) is 4. The van der Waals surface area contributed by atoms with Crippen LogP contribution in [0.2, 0.25) is 0 Å². The normalized spacial score (nSPS) is 13.0. The standard InChI is InChI=1S/C11H25NO3/c1-3-5-11(13)10-12-6-4-7-15-9-8-14-2/h11-13H,3-10H2,1-2H3. The van der Waals surface area contributed by atoms with E-state index in [1.54, 1.807) is 7.11 Å². The van der Waals surface area contributed by atoms with Gasteiger partial charge in [-0.3, -0.25) is 0 Å². The molecule has 92 valence electrons. The summed E-state index contributed by atoms with van der Waals surface area (Å²) in [6, 6.07) is 0. The highest BCUT2D eigenvalue weighted by molar-refractivity contribution is 4.58. The SMILES string of the molecule is CCCC(O)CNCCCOCCOC. The highest BCUT2D eigenvalue weighted by atomic mass is 16.5. The Morgan fingerprint density at radius 2 is 2.07 bits per heavy atom. The topological polar surface area (TPSA) is 50.7 Å². The molecule has 0 aliphatic rings. The molecule has 0 heterocycles. The predicted molar refractivity (Wildman–Crippen MR) is 61.1 cm³/mol. The average molecular weight is 219 g/mol. The third kappa shape index (κ3) is 11.8. The highest BCUT2D eigenvalue weighted by Gasteiger charge is 2.00. The van der Waals surface area contributed by atoms with Crippen LogP contribution in [0.1, 0.15) is 26.2 Å². The van der Waals surface area contributed by atoms with Crippen LogP contribution in [-0.4, -0.2) is 51.2 Å². The maximum atomic E-state index is 9.41. The quantitative estimate of drug-likeness (QED) is 0.504. The molecule has 4 heteroatoms. The number of hydrogen-bond donors (Lipinski definition) is 2. The molecule has 1 atom stereocenters. The summed E-state index contributed by atoms with van der Waals surface area (Å²) in [5.74, 6) is 0. The fourth-order valence-corrected chi connectivity index (χ4v) is 1.25. The zero-order valence-corrected chi connectivity index (χ0v) is 10.00. The Bertz CT molecular complexity index is 122. The van der Waals surface area contributed by atoms with Gasteiger partial charge in [-0.05, 0) is 19.4 Å². The lowest BCUT2D eigenvalue weighted by atomic mass is 10.2. The maximum Gasteiger partial charge on any atom is 0.0700 e. The number of nitrogens with one attached hydrogen (secondary N) is 1. The van der Waals surface area contributed by atoms with Crippen molar-refractivity contribution in [1.29, 1.82) is 0 Å². The van der Waals surface area contributed by atoms with Gasteiger partial charge in [0.15, 0.2) is 0 Å². The van der Waals surface area contributed by atoms with Gasteiger partial charge in [0.05, 0.1) is 19.3 Å². The van der Waals surface area contributed by atoms with Crippen molar-refractivity contribution in [2.24, 2.45) is 0 Å². The Morgan fingerprint density at radius 3 is 2.73 bits per heavy atom. The van der Waals surface area contributed by atoms with Gasteiger partial charge < -0.3 is 19.9 Å². The molecule has 0 radical (unpaired) electrons. The fraction of sp³-hybridized carbons (Fsp3) is 1.00. The van der Waals surface area contributed by atoms with Crippen LogP contribution >= 0.6 is 0 Å². The van der Waals surface area contributed by atoms with Crippen molar-refractivity contribution < 1.29 is 14.6 Å². The average Bonchev–Trinajstić information content (AvgIpc) is 2.22. The molecule has 0 spiro atoms. The van der Waals surface area contributed by atoms with E-state index in [1.807, 2.05) is 0 Å². The highest BCUT2D eigenvalue weighted by Crippen LogP contribution is 1.93. The van der Waals surface area contributed by atoms with Crippen molar-refractivity contribution in [3.05, 3.63) is 0 Å². The third-order valence-electron chi connectivity index (χ3n) is 2.08. The van der Waals surface area contributed by atoms with Gasteiger partial charge in [0.2, 0.25) is 0 Å². The molecule has 0 aromatic carbocycles. The molecule has 0 saturated heterocycles. The van der Waals surface area contributed by atoms with Crippen molar-refractivity contribution in [2.75, 3.05) is 40.0 Å². The summed E-state index contributed by atoms with van der Waals surface area (Å²) in [5, 5.41) is 12.6. The van der Waals surface area contributed by atoms with E-state index in [4.69, 9.17) is 9.47 Å². The van der Waals surface area contributed by atoms with Crippen molar-refractivity contribution in [1.82, 2.24) is 5.32 Å². The Labute approximate surface area is 93.0 Å². The molecule has 1 unspecified atom stereocenters. The van der Waals surface area contributed by atoms with Crippen molar-refractivity contribution >= 4 is 0 Å². The number of rotatable bonds is 11. The summed E-state index contributed by atoms with van der Waals surface area (Å²) >= 11 is 0. The lowest BCUT2D eigenvalue weighted by Gasteiger charge is -2.10. The van der Waals surface area contributed by atoms with Gasteiger partial charge in [0, 0.05) is 20.3 Å². The van der Waals surface area contributed by atoms with Crippen LogP contribution in [-0.2, 0) is 9.47 Å². The summed E-state index contributed by atoms with van der Waals surface area (Å²) in [6.45, 7) is 5.73. The zero-order chi connectivity index (χ0) is 11.4. The minimum absolute atomic E-state index is 0.204. The smallest absolute Gasteiger partial charge is 0.0700 e. The van der Waals surface area contributed by atoms with E-state index < -0.39 is 0 Å². The van der Waals surface area contributed by atoms with Gasteiger partial charge in [-0.2, -0.15) is 0 Å². The molecule has 15 heavy (non-hydrogen) atoms. The number of ether oxygens (including phenoxy) is 2. The summed E-state index contributed by atoms with van der Waals surface area (Å²) in [4.78, 5) is 0. The largest absolute Gasteiger partial charge is 0.392 e. The van der Waals surface area contributed by atoms with Crippen LogP contribution in [0.15, 0.2) is 0 Å². The lowest BCUT2D eigenvalue weighted by Crippen LogP contribution is -2.28. The van der Waals surface area contributed by atoms with Crippen molar-refractivity contribution in [3.63, 3.8) is 0 Å². The van der Waals surface area contributed by atoms with E-state index in [0.29, 0.717) is 19.8 Å². The Balaban J connectivity index is 2.98. The molecule has 0 aromatic heterocycles. The molecule has 0 saturated carbocycles. The van der Waals surface area contributed by atoms with Crippen molar-refractivity contribution in [2.45, 2.75) is 32.3 Å². The van der Waals surface area contributed by atoms with Crippen LogP contribution in [0.25, 0.3) is 0 Å². The summed E-state index contributed by atoms with van der Waals surface area (Å²) in [7, 11) is 1.67. The van der Waals surface area contributed by atoms with Crippen LogP contribution < -0.4 is 5.32 Å². The van der Waals surface area contributed by atoms with E-state index in [-0.39, 0.29) is 6.10 Å². The maximum absolute atomic E-state index is 9.41. The molecule has 0 aromatic rings. The molecule has 0 aliphatic heterocycles. The number of aliphatic hydroxyl groups excluding tert-OH is 1. The van der Waals surface area contributed by atoms with Crippen LogP contribution in [0.5, 0.6) is 0 Å². The molecule has 2 N–H and O–H groups in total. The van der Waals surface area contributed by atoms with Gasteiger partial charge in [0.1, 0.15) is 0 Å². The summed E-state index contributed by atoms with van der Waals surface area (Å²) < 4.78 is 10.2. The molecule has 0 bridgehead atoms.